The van der Waals surface area contributed by atoms with Crippen molar-refractivity contribution in [1.29, 1.82) is 0 Å². The van der Waals surface area contributed by atoms with Crippen molar-refractivity contribution in [1.82, 2.24) is 14.8 Å². The van der Waals surface area contributed by atoms with Crippen LogP contribution in [0.4, 0.5) is 5.69 Å². The van der Waals surface area contributed by atoms with E-state index in [9.17, 15) is 4.79 Å². The fourth-order valence-corrected chi connectivity index (χ4v) is 4.36. The lowest BCUT2D eigenvalue weighted by atomic mass is 10.0. The summed E-state index contributed by atoms with van der Waals surface area (Å²) in [5, 5.41) is 12.5. The third-order valence-corrected chi connectivity index (χ3v) is 6.44. The van der Waals surface area contributed by atoms with E-state index in [0.29, 0.717) is 11.8 Å². The van der Waals surface area contributed by atoms with Crippen LogP contribution in [-0.4, -0.2) is 25.9 Å². The molecule has 3 aromatic rings. The van der Waals surface area contributed by atoms with Crippen LogP contribution in [0, 0.1) is 0 Å². The lowest BCUT2D eigenvalue weighted by molar-refractivity contribution is -0.115. The molecule has 1 aliphatic rings. The highest BCUT2D eigenvalue weighted by Gasteiger charge is 2.31. The number of carbonyl (C=O) groups is 1. The van der Waals surface area contributed by atoms with Gasteiger partial charge in [-0.25, -0.2) is 0 Å². The molecule has 0 spiro atoms. The Morgan fingerprint density at radius 2 is 1.77 bits per heavy atom. The molecule has 0 bridgehead atoms. The number of hydrogen-bond acceptors (Lipinski definition) is 4. The third-order valence-electron chi connectivity index (χ3n) is 5.36. The molecule has 1 unspecified atom stereocenters. The van der Waals surface area contributed by atoms with Gasteiger partial charge in [-0.2, -0.15) is 0 Å². The van der Waals surface area contributed by atoms with Crippen LogP contribution in [0.1, 0.15) is 62.4 Å². The number of thioether (sulfide) groups is 1. The summed E-state index contributed by atoms with van der Waals surface area (Å²) in [6, 6.07) is 18.3. The number of para-hydroxylation sites is 1. The highest BCUT2D eigenvalue weighted by atomic mass is 32.2. The molecule has 5 nitrogen and oxygen atoms in total. The summed E-state index contributed by atoms with van der Waals surface area (Å²) in [5.74, 6) is 1.87. The average molecular weight is 421 g/mol. The second-order valence-electron chi connectivity index (χ2n) is 8.18. The number of nitrogens with one attached hydrogen (secondary N) is 1. The molecule has 6 heteroatoms. The molecule has 1 amide bonds. The van der Waals surface area contributed by atoms with E-state index in [1.165, 1.54) is 30.2 Å². The number of carbonyl (C=O) groups excluding carboxylic acids is 1. The van der Waals surface area contributed by atoms with E-state index >= 15 is 0 Å². The van der Waals surface area contributed by atoms with Gasteiger partial charge in [0.1, 0.15) is 5.82 Å². The van der Waals surface area contributed by atoms with E-state index in [0.717, 1.165) is 28.8 Å². The quantitative estimate of drug-likeness (QED) is 0.493. The molecule has 1 N–H and O–H groups in total. The summed E-state index contributed by atoms with van der Waals surface area (Å²) in [6.45, 7) is 6.92. The number of benzene rings is 2. The van der Waals surface area contributed by atoms with Crippen molar-refractivity contribution < 1.29 is 4.79 Å². The molecule has 0 radical (unpaired) electrons. The maximum Gasteiger partial charge on any atom is 0.237 e. The topological polar surface area (TPSA) is 59.8 Å². The standard InChI is InChI=1S/C24H28N4OS/c1-16(2)20-11-7-8-12-21(20)25-23(29)17(3)30-24-27-26-22(19-13-14-19)28(24)15-18-9-5-4-6-10-18/h4-12,16-17,19H,13-15H2,1-3H3,(H,25,29). The highest BCUT2D eigenvalue weighted by molar-refractivity contribution is 8.00. The van der Waals surface area contributed by atoms with E-state index in [-0.39, 0.29) is 11.2 Å². The monoisotopic (exact) mass is 420 g/mol. The van der Waals surface area contributed by atoms with Crippen LogP contribution >= 0.6 is 11.8 Å². The number of rotatable bonds is 8. The summed E-state index contributed by atoms with van der Waals surface area (Å²) >= 11 is 1.47. The van der Waals surface area contributed by atoms with E-state index in [2.05, 4.69) is 52.1 Å². The van der Waals surface area contributed by atoms with E-state index in [4.69, 9.17) is 0 Å². The molecule has 156 valence electrons. The van der Waals surface area contributed by atoms with Gasteiger partial charge < -0.3 is 9.88 Å². The van der Waals surface area contributed by atoms with Gasteiger partial charge in [-0.05, 0) is 42.9 Å². The van der Waals surface area contributed by atoms with Gasteiger partial charge >= 0.3 is 0 Å². The molecule has 0 aliphatic heterocycles. The maximum absolute atomic E-state index is 12.9. The van der Waals surface area contributed by atoms with Gasteiger partial charge in [-0.15, -0.1) is 10.2 Å². The fraction of sp³-hybridized carbons (Fsp3) is 0.375. The minimum atomic E-state index is -0.281. The normalized spacial score (nSPS) is 14.7. The summed E-state index contributed by atoms with van der Waals surface area (Å²) in [5.41, 5.74) is 3.24. The van der Waals surface area contributed by atoms with Crippen molar-refractivity contribution in [2.75, 3.05) is 5.32 Å². The van der Waals surface area contributed by atoms with Crippen molar-refractivity contribution in [2.45, 2.75) is 62.4 Å². The third kappa shape index (κ3) is 4.75. The Morgan fingerprint density at radius 3 is 2.47 bits per heavy atom. The van der Waals surface area contributed by atoms with Gasteiger partial charge in [0.05, 0.1) is 11.8 Å². The Hall–Kier alpha value is -2.60. The van der Waals surface area contributed by atoms with Gasteiger partial charge in [0.25, 0.3) is 0 Å². The van der Waals surface area contributed by atoms with Crippen LogP contribution in [0.3, 0.4) is 0 Å². The summed E-state index contributed by atoms with van der Waals surface area (Å²) in [6.07, 6.45) is 2.33. The minimum absolute atomic E-state index is 0.0182. The van der Waals surface area contributed by atoms with Crippen LogP contribution in [0.2, 0.25) is 0 Å². The average Bonchev–Trinajstić information content (AvgIpc) is 3.52. The van der Waals surface area contributed by atoms with Crippen molar-refractivity contribution in [3.8, 4) is 0 Å². The lowest BCUT2D eigenvalue weighted by Gasteiger charge is -2.17. The Morgan fingerprint density at radius 1 is 1.07 bits per heavy atom. The van der Waals surface area contributed by atoms with Crippen molar-refractivity contribution in [3.05, 3.63) is 71.5 Å². The number of hydrogen-bond donors (Lipinski definition) is 1. The van der Waals surface area contributed by atoms with Gasteiger partial charge in [-0.3, -0.25) is 4.79 Å². The number of aromatic nitrogens is 3. The van der Waals surface area contributed by atoms with Crippen LogP contribution in [-0.2, 0) is 11.3 Å². The summed E-state index contributed by atoms with van der Waals surface area (Å²) < 4.78 is 2.18. The second kappa shape index (κ2) is 9.04. The summed E-state index contributed by atoms with van der Waals surface area (Å²) in [7, 11) is 0. The zero-order chi connectivity index (χ0) is 21.1. The second-order valence-corrected chi connectivity index (χ2v) is 9.49. The van der Waals surface area contributed by atoms with Gasteiger partial charge in [0.2, 0.25) is 5.91 Å². The molecule has 4 rings (SSSR count). The lowest BCUT2D eigenvalue weighted by Crippen LogP contribution is -2.23. The molecule has 1 aromatic heterocycles. The Labute approximate surface area is 182 Å². The smallest absolute Gasteiger partial charge is 0.237 e. The minimum Gasteiger partial charge on any atom is -0.325 e. The van der Waals surface area contributed by atoms with E-state index in [1.807, 2.05) is 43.3 Å². The number of nitrogens with zero attached hydrogens (tertiary/aromatic N) is 3. The molecule has 1 atom stereocenters. The molecule has 1 heterocycles. The zero-order valence-electron chi connectivity index (χ0n) is 17.7. The molecular weight excluding hydrogens is 392 g/mol. The molecule has 1 aliphatic carbocycles. The molecule has 2 aromatic carbocycles. The van der Waals surface area contributed by atoms with E-state index in [1.54, 1.807) is 0 Å². The molecular formula is C24H28N4OS. The van der Waals surface area contributed by atoms with E-state index < -0.39 is 0 Å². The van der Waals surface area contributed by atoms with Crippen LogP contribution in [0.5, 0.6) is 0 Å². The predicted molar refractivity (Wildman–Crippen MR) is 122 cm³/mol. The molecule has 0 saturated heterocycles. The first-order valence-corrected chi connectivity index (χ1v) is 11.4. The van der Waals surface area contributed by atoms with Crippen LogP contribution in [0.25, 0.3) is 0 Å². The Balaban J connectivity index is 1.50. The maximum atomic E-state index is 12.9. The summed E-state index contributed by atoms with van der Waals surface area (Å²) in [4.78, 5) is 12.9. The number of anilines is 1. The van der Waals surface area contributed by atoms with Gasteiger partial charge in [-0.1, -0.05) is 74.1 Å². The molecule has 1 fully saturated rings. The Bertz CT molecular complexity index is 1010. The fourth-order valence-electron chi connectivity index (χ4n) is 3.51. The van der Waals surface area contributed by atoms with Crippen molar-refractivity contribution >= 4 is 23.4 Å². The first-order chi connectivity index (χ1) is 14.5. The first-order valence-electron chi connectivity index (χ1n) is 10.6. The highest BCUT2D eigenvalue weighted by Crippen LogP contribution is 2.40. The first kappa shape index (κ1) is 20.7. The van der Waals surface area contributed by atoms with Crippen LogP contribution in [0.15, 0.2) is 59.8 Å². The Kier molecular flexibility index (Phi) is 6.23. The molecule has 30 heavy (non-hydrogen) atoms. The zero-order valence-corrected chi connectivity index (χ0v) is 18.5. The van der Waals surface area contributed by atoms with Crippen molar-refractivity contribution in [2.24, 2.45) is 0 Å². The largest absolute Gasteiger partial charge is 0.325 e. The number of amides is 1. The van der Waals surface area contributed by atoms with Crippen molar-refractivity contribution in [3.63, 3.8) is 0 Å². The van der Waals surface area contributed by atoms with Crippen LogP contribution < -0.4 is 5.32 Å². The molecule has 1 saturated carbocycles. The predicted octanol–water partition coefficient (Wildman–Crippen LogP) is 5.45. The van der Waals surface area contributed by atoms with Gasteiger partial charge in [0, 0.05) is 11.6 Å². The van der Waals surface area contributed by atoms with Gasteiger partial charge in [0.15, 0.2) is 5.16 Å². The SMILES string of the molecule is CC(Sc1nnc(C2CC2)n1Cc1ccccc1)C(=O)Nc1ccccc1C(C)C.